The van der Waals surface area contributed by atoms with E-state index in [0.29, 0.717) is 39.0 Å². The standard InChI is InChI=1S/C24H34N2O6/c1-3-32-24(30)20(10-9-17-7-5-4-6-8-17)25-16(2)22(27)26-14-19-15-31-12-11-18(19)13-21(26)23(28)29/h4-8,16,18-21,25H,3,9-15H2,1-2H3,(H,28,29)/t16-,18?,19?,20?,21-/m0/s1. The fourth-order valence-electron chi connectivity index (χ4n) is 4.71. The van der Waals surface area contributed by atoms with Crippen LogP contribution in [0.3, 0.4) is 0 Å². The van der Waals surface area contributed by atoms with E-state index < -0.39 is 30.1 Å². The van der Waals surface area contributed by atoms with Gasteiger partial charge in [0, 0.05) is 19.1 Å². The van der Waals surface area contributed by atoms with Crippen molar-refractivity contribution < 1.29 is 29.0 Å². The first-order valence-corrected chi connectivity index (χ1v) is 11.5. The normalized spacial score (nSPS) is 24.8. The summed E-state index contributed by atoms with van der Waals surface area (Å²) in [4.78, 5) is 39.2. The van der Waals surface area contributed by atoms with Crippen molar-refractivity contribution in [2.75, 3.05) is 26.4 Å². The molecular weight excluding hydrogens is 412 g/mol. The Labute approximate surface area is 189 Å². The van der Waals surface area contributed by atoms with Crippen LogP contribution in [0.15, 0.2) is 30.3 Å². The van der Waals surface area contributed by atoms with Gasteiger partial charge in [0.2, 0.25) is 5.91 Å². The SMILES string of the molecule is CCOC(=O)C(CCc1ccccc1)N[C@@H](C)C(=O)N1CC2COCCC2C[C@H]1C(=O)O. The highest BCUT2D eigenvalue weighted by Crippen LogP contribution is 2.34. The minimum absolute atomic E-state index is 0.148. The molecule has 0 radical (unpaired) electrons. The summed E-state index contributed by atoms with van der Waals surface area (Å²) >= 11 is 0. The number of nitrogens with zero attached hydrogens (tertiary/aromatic N) is 1. The van der Waals surface area contributed by atoms with E-state index in [1.54, 1.807) is 13.8 Å². The number of piperidine rings is 1. The molecule has 0 aromatic heterocycles. The highest BCUT2D eigenvalue weighted by molar-refractivity contribution is 5.87. The van der Waals surface area contributed by atoms with Crippen molar-refractivity contribution in [3.63, 3.8) is 0 Å². The summed E-state index contributed by atoms with van der Waals surface area (Å²) in [5.41, 5.74) is 1.09. The lowest BCUT2D eigenvalue weighted by Crippen LogP contribution is -2.60. The largest absolute Gasteiger partial charge is 0.480 e. The van der Waals surface area contributed by atoms with Crippen LogP contribution in [0, 0.1) is 11.8 Å². The molecule has 0 aliphatic carbocycles. The van der Waals surface area contributed by atoms with E-state index in [0.717, 1.165) is 12.0 Å². The Bertz CT molecular complexity index is 786. The summed E-state index contributed by atoms with van der Waals surface area (Å²) in [5.74, 6) is -1.29. The number of likely N-dealkylation sites (tertiary alicyclic amines) is 1. The summed E-state index contributed by atoms with van der Waals surface area (Å²) in [6.07, 6.45) is 2.40. The number of carboxylic acid groups (broad SMARTS) is 1. The smallest absolute Gasteiger partial charge is 0.326 e. The molecule has 0 bridgehead atoms. The fraction of sp³-hybridized carbons (Fsp3) is 0.625. The average molecular weight is 447 g/mol. The number of carboxylic acids is 1. The van der Waals surface area contributed by atoms with E-state index in [2.05, 4.69) is 5.32 Å². The van der Waals surface area contributed by atoms with Crippen LogP contribution in [0.2, 0.25) is 0 Å². The predicted molar refractivity (Wildman–Crippen MR) is 118 cm³/mol. The van der Waals surface area contributed by atoms with Crippen LogP contribution in [-0.4, -0.2) is 72.3 Å². The molecule has 32 heavy (non-hydrogen) atoms. The maximum absolute atomic E-state index is 13.3. The molecule has 3 rings (SSSR count). The zero-order valence-electron chi connectivity index (χ0n) is 18.9. The van der Waals surface area contributed by atoms with E-state index in [1.165, 1.54) is 4.90 Å². The van der Waals surface area contributed by atoms with E-state index in [4.69, 9.17) is 9.47 Å². The van der Waals surface area contributed by atoms with Gasteiger partial charge in [0.05, 0.1) is 19.3 Å². The number of aryl methyl sites for hydroxylation is 1. The third-order valence-electron chi connectivity index (χ3n) is 6.49. The molecule has 2 saturated heterocycles. The van der Waals surface area contributed by atoms with Gasteiger partial charge in [-0.25, -0.2) is 4.79 Å². The molecule has 5 atom stereocenters. The lowest BCUT2D eigenvalue weighted by molar-refractivity contribution is -0.159. The van der Waals surface area contributed by atoms with Gasteiger partial charge < -0.3 is 19.5 Å². The van der Waals surface area contributed by atoms with Gasteiger partial charge in [0.25, 0.3) is 0 Å². The maximum Gasteiger partial charge on any atom is 0.326 e. The highest BCUT2D eigenvalue weighted by Gasteiger charge is 2.43. The fourth-order valence-corrected chi connectivity index (χ4v) is 4.71. The van der Waals surface area contributed by atoms with Gasteiger partial charge in [-0.2, -0.15) is 0 Å². The second-order valence-electron chi connectivity index (χ2n) is 8.68. The van der Waals surface area contributed by atoms with Crippen LogP contribution in [0.5, 0.6) is 0 Å². The van der Waals surface area contributed by atoms with E-state index in [9.17, 15) is 19.5 Å². The summed E-state index contributed by atoms with van der Waals surface area (Å²) in [6.45, 7) is 5.22. The van der Waals surface area contributed by atoms with Crippen LogP contribution >= 0.6 is 0 Å². The maximum atomic E-state index is 13.3. The van der Waals surface area contributed by atoms with Gasteiger partial charge in [-0.3, -0.25) is 14.9 Å². The third kappa shape index (κ3) is 6.07. The number of esters is 1. The molecular formula is C24H34N2O6. The molecule has 1 amide bonds. The number of fused-ring (bicyclic) bond motifs is 1. The minimum Gasteiger partial charge on any atom is -0.480 e. The lowest BCUT2D eigenvalue weighted by Gasteiger charge is -2.45. The Morgan fingerprint density at radius 1 is 1.25 bits per heavy atom. The zero-order valence-corrected chi connectivity index (χ0v) is 18.9. The van der Waals surface area contributed by atoms with E-state index >= 15 is 0 Å². The number of carbonyl (C=O) groups is 3. The quantitative estimate of drug-likeness (QED) is 0.558. The number of rotatable bonds is 9. The monoisotopic (exact) mass is 446 g/mol. The molecule has 2 heterocycles. The Hall–Kier alpha value is -2.45. The number of carbonyl (C=O) groups excluding carboxylic acids is 2. The molecule has 1 aromatic carbocycles. The molecule has 2 fully saturated rings. The van der Waals surface area contributed by atoms with Crippen molar-refractivity contribution in [3.05, 3.63) is 35.9 Å². The van der Waals surface area contributed by atoms with Gasteiger partial charge >= 0.3 is 11.9 Å². The molecule has 1 aromatic rings. The summed E-state index contributed by atoms with van der Waals surface area (Å²) in [7, 11) is 0. The van der Waals surface area contributed by atoms with Gasteiger partial charge in [0.15, 0.2) is 0 Å². The van der Waals surface area contributed by atoms with Gasteiger partial charge in [0.1, 0.15) is 12.1 Å². The topological polar surface area (TPSA) is 105 Å². The highest BCUT2D eigenvalue weighted by atomic mass is 16.5. The van der Waals surface area contributed by atoms with Crippen LogP contribution in [-0.2, 0) is 30.3 Å². The summed E-state index contributed by atoms with van der Waals surface area (Å²) < 4.78 is 10.8. The third-order valence-corrected chi connectivity index (χ3v) is 6.49. The molecule has 8 heteroatoms. The number of ether oxygens (including phenoxy) is 2. The number of nitrogens with one attached hydrogen (secondary N) is 1. The first-order valence-electron chi connectivity index (χ1n) is 11.5. The summed E-state index contributed by atoms with van der Waals surface area (Å²) in [6, 6.07) is 7.57. The van der Waals surface area contributed by atoms with Crippen molar-refractivity contribution in [3.8, 4) is 0 Å². The molecule has 2 N–H and O–H groups in total. The Kier molecular flexibility index (Phi) is 8.64. The van der Waals surface area contributed by atoms with Crippen molar-refractivity contribution >= 4 is 17.8 Å². The minimum atomic E-state index is -0.985. The first kappa shape index (κ1) is 24.2. The predicted octanol–water partition coefficient (Wildman–Crippen LogP) is 1.87. The van der Waals surface area contributed by atoms with Crippen LogP contribution in [0.4, 0.5) is 0 Å². The first-order chi connectivity index (χ1) is 15.4. The molecule has 2 aliphatic heterocycles. The number of amides is 1. The Morgan fingerprint density at radius 3 is 2.69 bits per heavy atom. The number of hydrogen-bond donors (Lipinski definition) is 2. The Morgan fingerprint density at radius 2 is 2.00 bits per heavy atom. The molecule has 3 unspecified atom stereocenters. The lowest BCUT2D eigenvalue weighted by atomic mass is 9.79. The molecule has 176 valence electrons. The van der Waals surface area contributed by atoms with Crippen molar-refractivity contribution in [2.24, 2.45) is 11.8 Å². The van der Waals surface area contributed by atoms with E-state index in [-0.39, 0.29) is 24.3 Å². The van der Waals surface area contributed by atoms with Crippen LogP contribution in [0.1, 0.15) is 38.7 Å². The molecule has 0 spiro atoms. The second-order valence-corrected chi connectivity index (χ2v) is 8.68. The Balaban J connectivity index is 1.67. The van der Waals surface area contributed by atoms with Gasteiger partial charge in [-0.05, 0) is 51.0 Å². The summed E-state index contributed by atoms with van der Waals surface area (Å²) in [5, 5.41) is 12.9. The van der Waals surface area contributed by atoms with Crippen molar-refractivity contribution in [1.29, 1.82) is 0 Å². The number of hydrogen-bond acceptors (Lipinski definition) is 6. The van der Waals surface area contributed by atoms with Crippen molar-refractivity contribution in [1.82, 2.24) is 10.2 Å². The zero-order chi connectivity index (χ0) is 23.1. The molecule has 2 aliphatic rings. The number of aliphatic carboxylic acids is 1. The van der Waals surface area contributed by atoms with Gasteiger partial charge in [-0.15, -0.1) is 0 Å². The average Bonchev–Trinajstić information content (AvgIpc) is 2.80. The molecule has 8 nitrogen and oxygen atoms in total. The van der Waals surface area contributed by atoms with Crippen LogP contribution in [0.25, 0.3) is 0 Å². The van der Waals surface area contributed by atoms with Gasteiger partial charge in [-0.1, -0.05) is 30.3 Å². The number of benzene rings is 1. The van der Waals surface area contributed by atoms with E-state index in [1.807, 2.05) is 30.3 Å². The second kappa shape index (κ2) is 11.4. The molecule has 0 saturated carbocycles. The van der Waals surface area contributed by atoms with Crippen molar-refractivity contribution in [2.45, 2.75) is 57.7 Å². The van der Waals surface area contributed by atoms with Crippen LogP contribution < -0.4 is 5.32 Å².